The molecule has 0 N–H and O–H groups in total. The van der Waals surface area contributed by atoms with Crippen molar-refractivity contribution in [3.8, 4) is 11.4 Å². The number of hydrogen-bond acceptors (Lipinski definition) is 11. The number of para-hydroxylation sites is 1. The number of sulfone groups is 1. The van der Waals surface area contributed by atoms with Crippen LogP contribution in [0, 0.1) is 11.8 Å². The standard InChI is InChI=1S/C36H52N4O8S/c1-24(2)33(44-23-26-14-16-28(43-8)17-15-26)25(3)32-22-31(47-36(6,7)48-32)21-30-20-29(45-35(4,5)46-30)18-19-49(41,42)34-37-38-39-40(34)27-12-10-9-11-13-27/h9-17,24-25,29-33H,18-23H2,1-8H3/t25-,29+,30+,31-,32-,33-/m0/s1. The zero-order chi connectivity index (χ0) is 35.4. The van der Waals surface area contributed by atoms with Crippen molar-refractivity contribution in [2.45, 2.75) is 128 Å². The summed E-state index contributed by atoms with van der Waals surface area (Å²) in [5.41, 5.74) is 1.66. The molecule has 3 heterocycles. The second-order valence-corrected chi connectivity index (χ2v) is 16.4. The molecule has 0 spiro atoms. The second-order valence-electron chi connectivity index (χ2n) is 14.4. The number of aromatic nitrogens is 4. The summed E-state index contributed by atoms with van der Waals surface area (Å²) >= 11 is 0. The quantitative estimate of drug-likeness (QED) is 0.198. The van der Waals surface area contributed by atoms with E-state index in [1.807, 2.05) is 58.0 Å². The molecule has 13 heteroatoms. The van der Waals surface area contributed by atoms with E-state index < -0.39 is 21.4 Å². The third-order valence-electron chi connectivity index (χ3n) is 9.13. The third-order valence-corrected chi connectivity index (χ3v) is 10.7. The van der Waals surface area contributed by atoms with Crippen LogP contribution in [0.4, 0.5) is 0 Å². The Hall–Kier alpha value is -2.94. The minimum Gasteiger partial charge on any atom is -0.497 e. The summed E-state index contributed by atoms with van der Waals surface area (Å²) in [6, 6.07) is 16.9. The van der Waals surface area contributed by atoms with Crippen molar-refractivity contribution in [3.63, 3.8) is 0 Å². The first-order valence-corrected chi connectivity index (χ1v) is 18.8. The lowest BCUT2D eigenvalue weighted by Gasteiger charge is -2.47. The van der Waals surface area contributed by atoms with E-state index in [0.717, 1.165) is 11.3 Å². The summed E-state index contributed by atoms with van der Waals surface area (Å²) < 4.78 is 65.5. The molecule has 2 fully saturated rings. The molecule has 0 radical (unpaired) electrons. The van der Waals surface area contributed by atoms with Crippen molar-refractivity contribution >= 4 is 9.84 Å². The van der Waals surface area contributed by atoms with E-state index >= 15 is 0 Å². The number of rotatable bonds is 14. The van der Waals surface area contributed by atoms with Gasteiger partial charge >= 0.3 is 0 Å². The molecule has 2 aliphatic heterocycles. The molecule has 0 amide bonds. The molecule has 270 valence electrons. The third kappa shape index (κ3) is 9.86. The molecule has 1 aromatic heterocycles. The largest absolute Gasteiger partial charge is 0.497 e. The fourth-order valence-corrected chi connectivity index (χ4v) is 8.33. The molecule has 2 aliphatic rings. The lowest BCUT2D eigenvalue weighted by atomic mass is 9.85. The summed E-state index contributed by atoms with van der Waals surface area (Å²) in [4.78, 5) is 0. The van der Waals surface area contributed by atoms with Crippen molar-refractivity contribution in [2.24, 2.45) is 11.8 Å². The van der Waals surface area contributed by atoms with Gasteiger partial charge in [-0.1, -0.05) is 56.2 Å². The number of ether oxygens (including phenoxy) is 6. The predicted molar refractivity (Wildman–Crippen MR) is 183 cm³/mol. The summed E-state index contributed by atoms with van der Waals surface area (Å²) in [7, 11) is -2.14. The Bertz CT molecular complexity index is 1600. The molecular weight excluding hydrogens is 648 g/mol. The van der Waals surface area contributed by atoms with Gasteiger partial charge in [-0.3, -0.25) is 0 Å². The van der Waals surface area contributed by atoms with Crippen LogP contribution in [-0.2, 0) is 40.1 Å². The van der Waals surface area contributed by atoms with Gasteiger partial charge in [-0.05, 0) is 80.3 Å². The number of tetrazole rings is 1. The normalized spacial score (nSPS) is 25.2. The van der Waals surface area contributed by atoms with E-state index in [1.165, 1.54) is 4.68 Å². The lowest BCUT2D eigenvalue weighted by Crippen LogP contribution is -2.52. The van der Waals surface area contributed by atoms with Gasteiger partial charge in [0, 0.05) is 25.2 Å². The van der Waals surface area contributed by atoms with Gasteiger partial charge in [-0.15, -0.1) is 0 Å². The molecule has 12 nitrogen and oxygen atoms in total. The van der Waals surface area contributed by atoms with Crippen LogP contribution in [0.5, 0.6) is 5.75 Å². The van der Waals surface area contributed by atoms with Gasteiger partial charge in [-0.2, -0.15) is 4.68 Å². The van der Waals surface area contributed by atoms with Crippen LogP contribution in [0.15, 0.2) is 59.8 Å². The van der Waals surface area contributed by atoms with Crippen LogP contribution in [0.1, 0.15) is 79.7 Å². The van der Waals surface area contributed by atoms with E-state index in [9.17, 15) is 8.42 Å². The molecular formula is C36H52N4O8S. The van der Waals surface area contributed by atoms with Crippen LogP contribution in [0.25, 0.3) is 5.69 Å². The Morgan fingerprint density at radius 1 is 0.878 bits per heavy atom. The first-order chi connectivity index (χ1) is 23.1. The van der Waals surface area contributed by atoms with Gasteiger partial charge in [0.15, 0.2) is 11.6 Å². The molecule has 2 saturated heterocycles. The average molecular weight is 701 g/mol. The Morgan fingerprint density at radius 3 is 2.16 bits per heavy atom. The maximum atomic E-state index is 13.4. The fraction of sp³-hybridized carbons (Fsp3) is 0.639. The Balaban J connectivity index is 1.21. The minimum absolute atomic E-state index is 0.0332. The number of nitrogens with zero attached hydrogens (tertiary/aromatic N) is 4. The zero-order valence-electron chi connectivity index (χ0n) is 29.9. The Labute approximate surface area is 290 Å². The van der Waals surface area contributed by atoms with E-state index in [0.29, 0.717) is 31.6 Å². The lowest BCUT2D eigenvalue weighted by molar-refractivity contribution is -0.331. The average Bonchev–Trinajstić information content (AvgIpc) is 3.54. The predicted octanol–water partition coefficient (Wildman–Crippen LogP) is 5.92. The van der Waals surface area contributed by atoms with Gasteiger partial charge in [0.2, 0.25) is 9.84 Å². The maximum absolute atomic E-state index is 13.4. The Morgan fingerprint density at radius 2 is 1.51 bits per heavy atom. The molecule has 0 unspecified atom stereocenters. The molecule has 3 aromatic rings. The molecule has 49 heavy (non-hydrogen) atoms. The van der Waals surface area contributed by atoms with Gasteiger partial charge in [-0.25, -0.2) is 8.42 Å². The van der Waals surface area contributed by atoms with Crippen LogP contribution in [0.2, 0.25) is 0 Å². The summed E-state index contributed by atoms with van der Waals surface area (Å²) in [5, 5.41) is 11.2. The summed E-state index contributed by atoms with van der Waals surface area (Å²) in [6.07, 6.45) is 1.30. The summed E-state index contributed by atoms with van der Waals surface area (Å²) in [5.74, 6) is -0.667. The molecule has 2 aromatic carbocycles. The minimum atomic E-state index is -3.80. The monoisotopic (exact) mass is 700 g/mol. The highest BCUT2D eigenvalue weighted by Gasteiger charge is 2.44. The van der Waals surface area contributed by atoms with Crippen molar-refractivity contribution < 1.29 is 36.8 Å². The first-order valence-electron chi connectivity index (χ1n) is 17.2. The molecule has 0 saturated carbocycles. The highest BCUT2D eigenvalue weighted by Crippen LogP contribution is 2.38. The fourth-order valence-electron chi connectivity index (χ4n) is 7.01. The Kier molecular flexibility index (Phi) is 11.8. The SMILES string of the molecule is COc1ccc(CO[C@@H](C(C)C)[C@@H](C)[C@@H]2C[C@H](C[C@H]3C[C@@H](CCS(=O)(=O)c4nnnn4-c4ccccc4)OC(C)(C)O3)OC(C)(C)O2)cc1. The van der Waals surface area contributed by atoms with Crippen LogP contribution in [0.3, 0.4) is 0 Å². The van der Waals surface area contributed by atoms with Gasteiger partial charge in [0.25, 0.3) is 5.16 Å². The van der Waals surface area contributed by atoms with Crippen molar-refractivity contribution in [3.05, 3.63) is 60.2 Å². The van der Waals surface area contributed by atoms with E-state index in [2.05, 4.69) is 36.3 Å². The molecule has 0 aliphatic carbocycles. The molecule has 6 atom stereocenters. The van der Waals surface area contributed by atoms with Gasteiger partial charge < -0.3 is 28.4 Å². The van der Waals surface area contributed by atoms with E-state index in [1.54, 1.807) is 31.4 Å². The van der Waals surface area contributed by atoms with Gasteiger partial charge in [0.1, 0.15) is 5.75 Å². The highest BCUT2D eigenvalue weighted by molar-refractivity contribution is 7.91. The maximum Gasteiger partial charge on any atom is 0.272 e. The molecule has 0 bridgehead atoms. The van der Waals surface area contributed by atoms with Crippen LogP contribution < -0.4 is 4.74 Å². The first kappa shape index (κ1) is 37.3. The van der Waals surface area contributed by atoms with Crippen molar-refractivity contribution in [1.29, 1.82) is 0 Å². The van der Waals surface area contributed by atoms with Crippen molar-refractivity contribution in [2.75, 3.05) is 12.9 Å². The number of hydrogen-bond donors (Lipinski definition) is 0. The van der Waals surface area contributed by atoms with Crippen molar-refractivity contribution in [1.82, 2.24) is 20.2 Å². The summed E-state index contributed by atoms with van der Waals surface area (Å²) in [6.45, 7) is 14.7. The smallest absolute Gasteiger partial charge is 0.272 e. The van der Waals surface area contributed by atoms with Gasteiger partial charge in [0.05, 0.1) is 55.7 Å². The second kappa shape index (κ2) is 15.5. The number of benzene rings is 2. The van der Waals surface area contributed by atoms with Crippen LogP contribution >= 0.6 is 0 Å². The van der Waals surface area contributed by atoms with E-state index in [-0.39, 0.29) is 59.7 Å². The zero-order valence-corrected chi connectivity index (χ0v) is 30.8. The molecule has 5 rings (SSSR count). The van der Waals surface area contributed by atoms with E-state index in [4.69, 9.17) is 28.4 Å². The highest BCUT2D eigenvalue weighted by atomic mass is 32.2. The van der Waals surface area contributed by atoms with Crippen LogP contribution in [-0.4, -0.2) is 83.6 Å². The number of methoxy groups -OCH3 is 1. The topological polar surface area (TPSA) is 133 Å².